The molecule has 5 nitrogen and oxygen atoms in total. The molecule has 1 heterocycles. The van der Waals surface area contributed by atoms with Crippen LogP contribution in [0.15, 0.2) is 48.8 Å². The van der Waals surface area contributed by atoms with Crippen LogP contribution < -0.4 is 5.32 Å². The van der Waals surface area contributed by atoms with Crippen molar-refractivity contribution in [3.8, 4) is 0 Å². The number of benzene rings is 1. The van der Waals surface area contributed by atoms with E-state index in [0.717, 1.165) is 31.2 Å². The lowest BCUT2D eigenvalue weighted by atomic mass is 9.94. The zero-order valence-corrected chi connectivity index (χ0v) is 17.7. The number of amides is 2. The van der Waals surface area contributed by atoms with Crippen molar-refractivity contribution in [2.75, 3.05) is 12.4 Å². The summed E-state index contributed by atoms with van der Waals surface area (Å²) in [6.45, 7) is 0.243. The van der Waals surface area contributed by atoms with Crippen LogP contribution in [0.5, 0.6) is 0 Å². The molecule has 3 rings (SSSR count). The van der Waals surface area contributed by atoms with E-state index in [1.54, 1.807) is 36.7 Å². The lowest BCUT2D eigenvalue weighted by Crippen LogP contribution is -2.48. The van der Waals surface area contributed by atoms with Gasteiger partial charge in [0.25, 0.3) is 0 Å². The minimum atomic E-state index is -0.833. The van der Waals surface area contributed by atoms with Crippen LogP contribution in [-0.4, -0.2) is 40.2 Å². The summed E-state index contributed by atoms with van der Waals surface area (Å²) in [4.78, 5) is 31.6. The number of pyridine rings is 1. The number of alkyl halides is 1. The normalized spacial score (nSPS) is 15.4. The number of aromatic nitrogens is 1. The first-order valence-corrected chi connectivity index (χ1v) is 10.9. The van der Waals surface area contributed by atoms with Gasteiger partial charge >= 0.3 is 0 Å². The molecule has 1 unspecified atom stereocenters. The Bertz CT molecular complexity index is 843. The summed E-state index contributed by atoms with van der Waals surface area (Å²) in [6, 6.07) is 9.05. The van der Waals surface area contributed by atoms with Gasteiger partial charge in [-0.25, -0.2) is 4.39 Å². The van der Waals surface area contributed by atoms with Crippen molar-refractivity contribution in [1.29, 1.82) is 0 Å². The number of hydrogen-bond donors (Lipinski definition) is 1. The van der Waals surface area contributed by atoms with E-state index < -0.39 is 6.04 Å². The highest BCUT2D eigenvalue weighted by Gasteiger charge is 2.32. The summed E-state index contributed by atoms with van der Waals surface area (Å²) in [5, 5.41) is 3.12. The molecule has 1 aliphatic carbocycles. The lowest BCUT2D eigenvalue weighted by Gasteiger charge is -2.33. The maximum absolute atomic E-state index is 13.6. The molecule has 1 aliphatic rings. The molecular weight excluding hydrogens is 405 g/mol. The second-order valence-corrected chi connectivity index (χ2v) is 7.90. The highest BCUT2D eigenvalue weighted by atomic mass is 35.5. The van der Waals surface area contributed by atoms with E-state index in [0.29, 0.717) is 12.0 Å². The fraction of sp³-hybridized carbons (Fsp3) is 0.435. The summed E-state index contributed by atoms with van der Waals surface area (Å²) in [6.07, 6.45) is 8.88. The average molecular weight is 432 g/mol. The smallest absolute Gasteiger partial charge is 0.247 e. The molecule has 0 radical (unpaired) electrons. The topological polar surface area (TPSA) is 62.3 Å². The first-order chi connectivity index (χ1) is 14.6. The summed E-state index contributed by atoms with van der Waals surface area (Å²) in [5.41, 5.74) is 1.38. The van der Waals surface area contributed by atoms with Gasteiger partial charge in [-0.1, -0.05) is 37.5 Å². The highest BCUT2D eigenvalue weighted by molar-refractivity contribution is 6.27. The van der Waals surface area contributed by atoms with Crippen LogP contribution in [0.4, 0.5) is 4.39 Å². The summed E-state index contributed by atoms with van der Waals surface area (Å²) >= 11 is 5.88. The molecule has 1 aromatic heterocycles. The van der Waals surface area contributed by atoms with E-state index >= 15 is 0 Å². The quantitative estimate of drug-likeness (QED) is 0.642. The molecule has 2 amide bonds. The SMILES string of the molecule is O=C(NC1CCCCC1)C(c1cccnc1)N(CCc1cccc(F)c1)C(=O)CCl. The fourth-order valence-corrected chi connectivity index (χ4v) is 4.11. The Labute approximate surface area is 181 Å². The minimum Gasteiger partial charge on any atom is -0.351 e. The van der Waals surface area contributed by atoms with Crippen LogP contribution in [0, 0.1) is 5.82 Å². The second-order valence-electron chi connectivity index (χ2n) is 7.63. The van der Waals surface area contributed by atoms with E-state index in [9.17, 15) is 14.0 Å². The third kappa shape index (κ3) is 6.02. The molecule has 1 saturated carbocycles. The third-order valence-corrected chi connectivity index (χ3v) is 5.71. The van der Waals surface area contributed by atoms with Crippen LogP contribution in [0.3, 0.4) is 0 Å². The Morgan fingerprint density at radius 2 is 2.00 bits per heavy atom. The van der Waals surface area contributed by atoms with Crippen molar-refractivity contribution in [1.82, 2.24) is 15.2 Å². The van der Waals surface area contributed by atoms with E-state index in [4.69, 9.17) is 11.6 Å². The number of hydrogen-bond acceptors (Lipinski definition) is 3. The molecule has 1 fully saturated rings. The molecule has 2 aromatic rings. The van der Waals surface area contributed by atoms with Gasteiger partial charge in [0.1, 0.15) is 17.7 Å². The molecule has 0 saturated heterocycles. The predicted octanol–water partition coefficient (Wildman–Crippen LogP) is 4.02. The lowest BCUT2D eigenvalue weighted by molar-refractivity contribution is -0.139. The molecule has 0 spiro atoms. The van der Waals surface area contributed by atoms with Gasteiger partial charge in [-0.05, 0) is 43.0 Å². The van der Waals surface area contributed by atoms with E-state index in [2.05, 4.69) is 10.3 Å². The fourth-order valence-electron chi connectivity index (χ4n) is 3.95. The number of nitrogens with zero attached hydrogens (tertiary/aromatic N) is 2. The molecule has 0 aliphatic heterocycles. The summed E-state index contributed by atoms with van der Waals surface area (Å²) in [5.74, 6) is -1.15. The Hall–Kier alpha value is -2.47. The van der Waals surface area contributed by atoms with Crippen molar-refractivity contribution < 1.29 is 14.0 Å². The Kier molecular flexibility index (Phi) is 8.20. The van der Waals surface area contributed by atoms with Crippen molar-refractivity contribution in [2.24, 2.45) is 0 Å². The highest BCUT2D eigenvalue weighted by Crippen LogP contribution is 2.24. The van der Waals surface area contributed by atoms with Crippen LogP contribution in [0.2, 0.25) is 0 Å². The molecule has 30 heavy (non-hydrogen) atoms. The van der Waals surface area contributed by atoms with Gasteiger partial charge in [0.2, 0.25) is 11.8 Å². The Morgan fingerprint density at radius 1 is 1.20 bits per heavy atom. The molecule has 160 valence electrons. The van der Waals surface area contributed by atoms with E-state index in [1.165, 1.54) is 23.5 Å². The average Bonchev–Trinajstić information content (AvgIpc) is 2.77. The molecular formula is C23H27ClFN3O2. The van der Waals surface area contributed by atoms with Crippen LogP contribution >= 0.6 is 11.6 Å². The third-order valence-electron chi connectivity index (χ3n) is 5.48. The first kappa shape index (κ1) is 22.2. The van der Waals surface area contributed by atoms with Crippen molar-refractivity contribution in [2.45, 2.75) is 50.6 Å². The van der Waals surface area contributed by atoms with Gasteiger partial charge in [0.15, 0.2) is 0 Å². The van der Waals surface area contributed by atoms with Crippen molar-refractivity contribution in [3.05, 3.63) is 65.7 Å². The monoisotopic (exact) mass is 431 g/mol. The molecule has 1 N–H and O–H groups in total. The Balaban J connectivity index is 1.84. The van der Waals surface area contributed by atoms with Crippen LogP contribution in [0.1, 0.15) is 49.3 Å². The predicted molar refractivity (Wildman–Crippen MR) is 115 cm³/mol. The largest absolute Gasteiger partial charge is 0.351 e. The molecule has 7 heteroatoms. The first-order valence-electron chi connectivity index (χ1n) is 10.4. The number of nitrogens with one attached hydrogen (secondary N) is 1. The summed E-state index contributed by atoms with van der Waals surface area (Å²) in [7, 11) is 0. The maximum Gasteiger partial charge on any atom is 0.247 e. The van der Waals surface area contributed by atoms with Crippen molar-refractivity contribution in [3.63, 3.8) is 0 Å². The number of carbonyl (C=O) groups excluding carboxylic acids is 2. The zero-order chi connectivity index (χ0) is 21.3. The Morgan fingerprint density at radius 3 is 2.67 bits per heavy atom. The number of carbonyl (C=O) groups is 2. The standard InChI is InChI=1S/C23H27ClFN3O2/c24-15-21(29)28(13-11-17-6-4-8-19(25)14-17)22(18-7-5-12-26-16-18)23(30)27-20-9-2-1-3-10-20/h4-8,12,14,16,20,22H,1-3,9-11,13,15H2,(H,27,30). The van der Waals surface area contributed by atoms with Crippen molar-refractivity contribution >= 4 is 23.4 Å². The minimum absolute atomic E-state index is 0.113. The van der Waals surface area contributed by atoms with Crippen LogP contribution in [-0.2, 0) is 16.0 Å². The number of rotatable bonds is 8. The zero-order valence-electron chi connectivity index (χ0n) is 16.9. The molecule has 0 bridgehead atoms. The molecule has 1 atom stereocenters. The van der Waals surface area contributed by atoms with Crippen LogP contribution in [0.25, 0.3) is 0 Å². The summed E-state index contributed by atoms with van der Waals surface area (Å²) < 4.78 is 13.6. The van der Waals surface area contributed by atoms with Gasteiger partial charge in [-0.3, -0.25) is 14.6 Å². The molecule has 1 aromatic carbocycles. The second kappa shape index (κ2) is 11.1. The van der Waals surface area contributed by atoms with Gasteiger partial charge in [-0.15, -0.1) is 11.6 Å². The maximum atomic E-state index is 13.6. The van der Waals surface area contributed by atoms with Gasteiger partial charge in [0.05, 0.1) is 0 Å². The van der Waals surface area contributed by atoms with Gasteiger partial charge in [-0.2, -0.15) is 0 Å². The van der Waals surface area contributed by atoms with Gasteiger partial charge < -0.3 is 10.2 Å². The van der Waals surface area contributed by atoms with Gasteiger partial charge in [0, 0.05) is 30.5 Å². The van der Waals surface area contributed by atoms with E-state index in [1.807, 2.05) is 0 Å². The van der Waals surface area contributed by atoms with E-state index in [-0.39, 0.29) is 36.1 Å². The number of halogens is 2.